The van der Waals surface area contributed by atoms with Crippen molar-refractivity contribution in [2.24, 2.45) is 0 Å². The summed E-state index contributed by atoms with van der Waals surface area (Å²) in [6.45, 7) is 5.30. The number of nitrogens with zero attached hydrogens (tertiary/aromatic N) is 4. The fourth-order valence-electron chi connectivity index (χ4n) is 5.12. The number of rotatable bonds is 8. The standard InChI is InChI=1S/C31H24F3N5O3.C4H4O4/c1-15(2)41-24-9-7-18(12-22(24)34)27-26-30(35)36-14-37-31(26)39(38-27)16(3)29-25(17-5-4-6-19(32)11-17)28(40)21-13-20(33)8-10-23(21)42-29;5-3(6)1-2-4(7)8/h4-16H,1-3H3,(H2,35,36,37);1-2H,(H,5,6)(H,7,8)/t16-;/m0./s1. The highest BCUT2D eigenvalue weighted by Crippen LogP contribution is 2.37. The molecule has 256 valence electrons. The van der Waals surface area contributed by atoms with Crippen LogP contribution in [0.2, 0.25) is 0 Å². The maximum absolute atomic E-state index is 15.0. The Hall–Kier alpha value is -6.51. The number of hydrogen-bond donors (Lipinski definition) is 3. The Bertz CT molecular complexity index is 2340. The van der Waals surface area contributed by atoms with Gasteiger partial charge in [-0.3, -0.25) is 4.79 Å². The molecule has 0 radical (unpaired) electrons. The second-order valence-electron chi connectivity index (χ2n) is 11.1. The third-order valence-electron chi connectivity index (χ3n) is 7.19. The Morgan fingerprint density at radius 3 is 2.26 bits per heavy atom. The van der Waals surface area contributed by atoms with Crippen LogP contribution in [0.3, 0.4) is 0 Å². The first-order valence-electron chi connectivity index (χ1n) is 14.9. The van der Waals surface area contributed by atoms with Crippen LogP contribution in [0.25, 0.3) is 44.4 Å². The van der Waals surface area contributed by atoms with Crippen molar-refractivity contribution in [2.45, 2.75) is 32.9 Å². The zero-order valence-corrected chi connectivity index (χ0v) is 26.6. The van der Waals surface area contributed by atoms with Gasteiger partial charge < -0.3 is 25.1 Å². The van der Waals surface area contributed by atoms with E-state index in [0.717, 1.165) is 6.07 Å². The summed E-state index contributed by atoms with van der Waals surface area (Å²) in [4.78, 5) is 41.4. The summed E-state index contributed by atoms with van der Waals surface area (Å²) in [5.41, 5.74) is 7.10. The summed E-state index contributed by atoms with van der Waals surface area (Å²) in [6, 6.07) is 12.7. The lowest BCUT2D eigenvalue weighted by Gasteiger charge is -2.17. The molecule has 0 saturated heterocycles. The molecule has 0 saturated carbocycles. The molecular weight excluding hydrogens is 659 g/mol. The van der Waals surface area contributed by atoms with Crippen LogP contribution in [0.5, 0.6) is 5.75 Å². The molecule has 6 aromatic rings. The first kappa shape index (κ1) is 34.8. The maximum atomic E-state index is 15.0. The minimum absolute atomic E-state index is 0.00183. The zero-order valence-electron chi connectivity index (χ0n) is 26.6. The second kappa shape index (κ2) is 14.3. The van der Waals surface area contributed by atoms with Gasteiger partial charge in [0.25, 0.3) is 0 Å². The quantitative estimate of drug-likeness (QED) is 0.151. The van der Waals surface area contributed by atoms with Gasteiger partial charge in [-0.1, -0.05) is 12.1 Å². The van der Waals surface area contributed by atoms with Gasteiger partial charge in [-0.05, 0) is 74.9 Å². The van der Waals surface area contributed by atoms with Crippen LogP contribution < -0.4 is 15.9 Å². The van der Waals surface area contributed by atoms with Gasteiger partial charge in [0, 0.05) is 17.7 Å². The molecule has 0 aliphatic rings. The molecule has 0 fully saturated rings. The van der Waals surface area contributed by atoms with Gasteiger partial charge in [-0.15, -0.1) is 0 Å². The van der Waals surface area contributed by atoms with E-state index < -0.39 is 40.9 Å². The number of carboxylic acids is 2. The molecule has 50 heavy (non-hydrogen) atoms. The van der Waals surface area contributed by atoms with Crippen LogP contribution in [-0.4, -0.2) is 48.0 Å². The number of anilines is 1. The monoisotopic (exact) mass is 687 g/mol. The largest absolute Gasteiger partial charge is 0.488 e. The molecule has 3 aromatic carbocycles. The highest BCUT2D eigenvalue weighted by molar-refractivity contribution is 5.98. The SMILES string of the molecule is CC(C)Oc1ccc(-c2nn([C@@H](C)c3oc4ccc(F)cc4c(=O)c3-c3cccc(F)c3)c3ncnc(N)c23)cc1F.O=C(O)C=CC(=O)O. The van der Waals surface area contributed by atoms with Crippen LogP contribution in [0.15, 0.2) is 88.4 Å². The Labute approximate surface area is 280 Å². The van der Waals surface area contributed by atoms with Crippen LogP contribution >= 0.6 is 0 Å². The van der Waals surface area contributed by atoms with Crippen LogP contribution in [0, 0.1) is 17.5 Å². The van der Waals surface area contributed by atoms with Crippen LogP contribution in [-0.2, 0) is 9.59 Å². The van der Waals surface area contributed by atoms with Gasteiger partial charge in [0.1, 0.15) is 46.9 Å². The summed E-state index contributed by atoms with van der Waals surface area (Å²) >= 11 is 0. The van der Waals surface area contributed by atoms with E-state index in [1.54, 1.807) is 32.9 Å². The summed E-state index contributed by atoms with van der Waals surface area (Å²) in [5.74, 6) is -3.96. The zero-order chi connectivity index (χ0) is 36.3. The average molecular weight is 688 g/mol. The van der Waals surface area contributed by atoms with E-state index in [2.05, 4.69) is 9.97 Å². The number of nitrogens with two attached hydrogens (primary N) is 1. The number of aromatic nitrogens is 4. The Morgan fingerprint density at radius 2 is 1.62 bits per heavy atom. The van der Waals surface area contributed by atoms with Gasteiger partial charge >= 0.3 is 11.9 Å². The van der Waals surface area contributed by atoms with E-state index in [0.29, 0.717) is 34.4 Å². The van der Waals surface area contributed by atoms with Crippen LogP contribution in [0.1, 0.15) is 32.6 Å². The number of fused-ring (bicyclic) bond motifs is 2. The predicted octanol–water partition coefficient (Wildman–Crippen LogP) is 6.37. The smallest absolute Gasteiger partial charge is 0.328 e. The highest BCUT2D eigenvalue weighted by atomic mass is 19.1. The van der Waals surface area contributed by atoms with E-state index in [-0.39, 0.29) is 45.5 Å². The van der Waals surface area contributed by atoms with Gasteiger partial charge in [0.05, 0.1) is 22.4 Å². The molecule has 4 N–H and O–H groups in total. The normalized spacial score (nSPS) is 11.9. The van der Waals surface area contributed by atoms with Gasteiger partial charge in [0.2, 0.25) is 5.43 Å². The lowest BCUT2D eigenvalue weighted by atomic mass is 9.99. The van der Waals surface area contributed by atoms with E-state index in [9.17, 15) is 27.6 Å². The highest BCUT2D eigenvalue weighted by Gasteiger charge is 2.27. The molecule has 0 aliphatic heterocycles. The number of ether oxygens (including phenoxy) is 1. The topological polar surface area (TPSA) is 184 Å². The molecule has 12 nitrogen and oxygen atoms in total. The summed E-state index contributed by atoms with van der Waals surface area (Å²) in [5, 5.41) is 20.7. The number of nitrogen functional groups attached to an aromatic ring is 1. The van der Waals surface area contributed by atoms with E-state index in [1.165, 1.54) is 53.5 Å². The van der Waals surface area contributed by atoms with Gasteiger partial charge in [-0.2, -0.15) is 5.10 Å². The molecule has 0 aliphatic carbocycles. The molecule has 0 spiro atoms. The molecule has 0 unspecified atom stereocenters. The first-order valence-corrected chi connectivity index (χ1v) is 14.9. The maximum Gasteiger partial charge on any atom is 0.328 e. The fourth-order valence-corrected chi connectivity index (χ4v) is 5.12. The number of aliphatic carboxylic acids is 2. The minimum Gasteiger partial charge on any atom is -0.488 e. The summed E-state index contributed by atoms with van der Waals surface area (Å²) in [7, 11) is 0. The minimum atomic E-state index is -1.26. The molecule has 3 aromatic heterocycles. The summed E-state index contributed by atoms with van der Waals surface area (Å²) < 4.78 is 56.6. The Morgan fingerprint density at radius 1 is 0.920 bits per heavy atom. The van der Waals surface area contributed by atoms with Crippen molar-refractivity contribution in [1.82, 2.24) is 19.7 Å². The molecule has 0 amide bonds. The third kappa shape index (κ3) is 7.31. The molecular formula is C35H28F3N5O7. The molecule has 6 rings (SSSR count). The average Bonchev–Trinajstić information content (AvgIpc) is 3.46. The molecule has 1 atom stereocenters. The third-order valence-corrected chi connectivity index (χ3v) is 7.19. The number of hydrogen-bond acceptors (Lipinski definition) is 9. The van der Waals surface area contributed by atoms with Gasteiger partial charge in [0.15, 0.2) is 17.2 Å². The van der Waals surface area contributed by atoms with Gasteiger partial charge in [-0.25, -0.2) is 37.4 Å². The van der Waals surface area contributed by atoms with Crippen LogP contribution in [0.4, 0.5) is 19.0 Å². The Kier molecular flexibility index (Phi) is 9.96. The molecule has 3 heterocycles. The lowest BCUT2D eigenvalue weighted by molar-refractivity contribution is -0.134. The van der Waals surface area contributed by atoms with E-state index >= 15 is 0 Å². The lowest BCUT2D eigenvalue weighted by Crippen LogP contribution is -2.16. The number of carboxylic acid groups (broad SMARTS) is 2. The van der Waals surface area contributed by atoms with Crippen molar-refractivity contribution < 1.29 is 42.1 Å². The number of benzene rings is 3. The second-order valence-corrected chi connectivity index (χ2v) is 11.1. The van der Waals surface area contributed by atoms with Crippen molar-refractivity contribution >= 4 is 39.8 Å². The fraction of sp³-hybridized carbons (Fsp3) is 0.143. The first-order chi connectivity index (χ1) is 23.7. The van der Waals surface area contributed by atoms with E-state index in [1.807, 2.05) is 0 Å². The van der Waals surface area contributed by atoms with E-state index in [4.69, 9.17) is 30.2 Å². The van der Waals surface area contributed by atoms with Crippen molar-refractivity contribution in [3.63, 3.8) is 0 Å². The van der Waals surface area contributed by atoms with Crippen molar-refractivity contribution in [2.75, 3.05) is 5.73 Å². The number of carbonyl (C=O) groups is 2. The predicted molar refractivity (Wildman–Crippen MR) is 177 cm³/mol. The Balaban J connectivity index is 0.000000544. The van der Waals surface area contributed by atoms with Crippen molar-refractivity contribution in [3.8, 4) is 28.1 Å². The number of halogens is 3. The van der Waals surface area contributed by atoms with Crippen molar-refractivity contribution in [3.05, 3.63) is 113 Å². The summed E-state index contributed by atoms with van der Waals surface area (Å²) in [6.07, 6.45) is 2.15. The molecule has 15 heteroatoms. The molecule has 0 bridgehead atoms. The van der Waals surface area contributed by atoms with Crippen molar-refractivity contribution in [1.29, 1.82) is 0 Å².